The van der Waals surface area contributed by atoms with Crippen molar-refractivity contribution in [2.45, 2.75) is 33.2 Å². The highest BCUT2D eigenvalue weighted by molar-refractivity contribution is 5.77. The zero-order valence-electron chi connectivity index (χ0n) is 10.5. The lowest BCUT2D eigenvalue weighted by Crippen LogP contribution is -2.40. The van der Waals surface area contributed by atoms with Crippen molar-refractivity contribution in [3.63, 3.8) is 0 Å². The average molecular weight is 215 g/mol. The van der Waals surface area contributed by atoms with E-state index in [1.165, 1.54) is 0 Å². The predicted molar refractivity (Wildman–Crippen MR) is 63.9 cm³/mol. The number of likely N-dealkylation sites (N-methyl/N-ethyl adjacent to an activating group) is 1. The lowest BCUT2D eigenvalue weighted by molar-refractivity contribution is -0.122. The Balaban J connectivity index is 3.41. The largest absolute Gasteiger partial charge is 0.354 e. The SMILES string of the molecule is CCCNCCNC(=O)CN(C)C(C)C. The highest BCUT2D eigenvalue weighted by Gasteiger charge is 2.07. The quantitative estimate of drug-likeness (QED) is 0.578. The summed E-state index contributed by atoms with van der Waals surface area (Å²) in [5, 5.41) is 6.12. The van der Waals surface area contributed by atoms with Crippen LogP contribution < -0.4 is 10.6 Å². The fourth-order valence-corrected chi connectivity index (χ4v) is 1.06. The molecule has 0 aromatic rings. The fraction of sp³-hybridized carbons (Fsp3) is 0.909. The van der Waals surface area contributed by atoms with E-state index < -0.39 is 0 Å². The van der Waals surface area contributed by atoms with E-state index in [9.17, 15) is 4.79 Å². The van der Waals surface area contributed by atoms with E-state index in [1.807, 2.05) is 11.9 Å². The van der Waals surface area contributed by atoms with Gasteiger partial charge in [-0.25, -0.2) is 0 Å². The lowest BCUT2D eigenvalue weighted by Gasteiger charge is -2.20. The van der Waals surface area contributed by atoms with Crippen LogP contribution >= 0.6 is 0 Å². The summed E-state index contributed by atoms with van der Waals surface area (Å²) < 4.78 is 0. The van der Waals surface area contributed by atoms with E-state index in [4.69, 9.17) is 0 Å². The predicted octanol–water partition coefficient (Wildman–Crippen LogP) is 0.442. The van der Waals surface area contributed by atoms with E-state index in [0.717, 1.165) is 19.5 Å². The van der Waals surface area contributed by atoms with Gasteiger partial charge in [0.15, 0.2) is 0 Å². The van der Waals surface area contributed by atoms with Gasteiger partial charge in [0.1, 0.15) is 0 Å². The molecular formula is C11H25N3O. The number of amides is 1. The average Bonchev–Trinajstić information content (AvgIpc) is 2.17. The van der Waals surface area contributed by atoms with E-state index in [0.29, 0.717) is 19.1 Å². The van der Waals surface area contributed by atoms with Crippen molar-refractivity contribution in [2.24, 2.45) is 0 Å². The minimum atomic E-state index is 0.101. The van der Waals surface area contributed by atoms with Crippen molar-refractivity contribution < 1.29 is 4.79 Å². The molecule has 4 heteroatoms. The summed E-state index contributed by atoms with van der Waals surface area (Å²) in [5.41, 5.74) is 0. The minimum Gasteiger partial charge on any atom is -0.354 e. The Morgan fingerprint density at radius 1 is 1.27 bits per heavy atom. The van der Waals surface area contributed by atoms with Crippen LogP contribution in [0.15, 0.2) is 0 Å². The second kappa shape index (κ2) is 8.68. The van der Waals surface area contributed by atoms with Crippen molar-refractivity contribution in [1.29, 1.82) is 0 Å². The minimum absolute atomic E-state index is 0.101. The second-order valence-corrected chi connectivity index (χ2v) is 4.11. The molecule has 2 N–H and O–H groups in total. The van der Waals surface area contributed by atoms with E-state index in [1.54, 1.807) is 0 Å². The second-order valence-electron chi connectivity index (χ2n) is 4.11. The molecule has 0 unspecified atom stereocenters. The molecule has 0 aromatic heterocycles. The third-order valence-corrected chi connectivity index (χ3v) is 2.33. The highest BCUT2D eigenvalue weighted by Crippen LogP contribution is 1.91. The van der Waals surface area contributed by atoms with Gasteiger partial charge in [-0.1, -0.05) is 6.92 Å². The molecule has 15 heavy (non-hydrogen) atoms. The Kier molecular flexibility index (Phi) is 8.33. The molecule has 0 aliphatic carbocycles. The Morgan fingerprint density at radius 3 is 2.47 bits per heavy atom. The molecule has 0 radical (unpaired) electrons. The van der Waals surface area contributed by atoms with Gasteiger partial charge in [0, 0.05) is 19.1 Å². The fourth-order valence-electron chi connectivity index (χ4n) is 1.06. The van der Waals surface area contributed by atoms with Gasteiger partial charge < -0.3 is 10.6 Å². The Morgan fingerprint density at radius 2 is 1.93 bits per heavy atom. The molecule has 4 nitrogen and oxygen atoms in total. The van der Waals surface area contributed by atoms with Gasteiger partial charge in [0.25, 0.3) is 0 Å². The molecule has 0 heterocycles. The van der Waals surface area contributed by atoms with Gasteiger partial charge in [0.05, 0.1) is 6.54 Å². The van der Waals surface area contributed by atoms with Crippen LogP contribution in [0.3, 0.4) is 0 Å². The summed E-state index contributed by atoms with van der Waals surface area (Å²) in [6, 6.07) is 0.411. The number of carbonyl (C=O) groups is 1. The van der Waals surface area contributed by atoms with Crippen molar-refractivity contribution in [3.05, 3.63) is 0 Å². The molecule has 0 bridgehead atoms. The van der Waals surface area contributed by atoms with Crippen molar-refractivity contribution in [3.8, 4) is 0 Å². The van der Waals surface area contributed by atoms with Crippen molar-refractivity contribution >= 4 is 5.91 Å². The number of nitrogens with one attached hydrogen (secondary N) is 2. The third kappa shape index (κ3) is 8.39. The molecule has 0 rings (SSSR count). The van der Waals surface area contributed by atoms with Crippen LogP contribution in [0.2, 0.25) is 0 Å². The lowest BCUT2D eigenvalue weighted by atomic mass is 10.3. The van der Waals surface area contributed by atoms with Gasteiger partial charge in [-0.05, 0) is 33.9 Å². The van der Waals surface area contributed by atoms with Crippen LogP contribution in [0.4, 0.5) is 0 Å². The third-order valence-electron chi connectivity index (χ3n) is 2.33. The number of carbonyl (C=O) groups excluding carboxylic acids is 1. The summed E-state index contributed by atoms with van der Waals surface area (Å²) in [6.07, 6.45) is 1.13. The topological polar surface area (TPSA) is 44.4 Å². The molecule has 0 fully saturated rings. The number of hydrogen-bond donors (Lipinski definition) is 2. The zero-order valence-corrected chi connectivity index (χ0v) is 10.5. The van der Waals surface area contributed by atoms with Gasteiger partial charge >= 0.3 is 0 Å². The Hall–Kier alpha value is -0.610. The van der Waals surface area contributed by atoms with Crippen molar-refractivity contribution in [2.75, 3.05) is 33.2 Å². The molecule has 0 aliphatic rings. The molecule has 0 aromatic carbocycles. The molecule has 0 atom stereocenters. The number of hydrogen-bond acceptors (Lipinski definition) is 3. The van der Waals surface area contributed by atoms with Gasteiger partial charge in [-0.2, -0.15) is 0 Å². The Bertz CT molecular complexity index is 171. The van der Waals surface area contributed by atoms with Crippen LogP contribution in [0.1, 0.15) is 27.2 Å². The molecule has 0 saturated heterocycles. The van der Waals surface area contributed by atoms with E-state index in [2.05, 4.69) is 31.4 Å². The first-order chi connectivity index (χ1) is 7.07. The standard InChI is InChI=1S/C11H25N3O/c1-5-6-12-7-8-13-11(15)9-14(4)10(2)3/h10,12H,5-9H2,1-4H3,(H,13,15). The molecule has 0 spiro atoms. The number of nitrogens with zero attached hydrogens (tertiary/aromatic N) is 1. The first-order valence-corrected chi connectivity index (χ1v) is 5.75. The normalized spacial score (nSPS) is 11.1. The van der Waals surface area contributed by atoms with Crippen LogP contribution in [-0.2, 0) is 4.79 Å². The van der Waals surface area contributed by atoms with Crippen LogP contribution in [-0.4, -0.2) is 50.1 Å². The summed E-state index contributed by atoms with van der Waals surface area (Å²) in [5.74, 6) is 0.101. The maximum Gasteiger partial charge on any atom is 0.234 e. The van der Waals surface area contributed by atoms with Crippen molar-refractivity contribution in [1.82, 2.24) is 15.5 Å². The van der Waals surface area contributed by atoms with Gasteiger partial charge in [-0.3, -0.25) is 9.69 Å². The smallest absolute Gasteiger partial charge is 0.234 e. The summed E-state index contributed by atoms with van der Waals surface area (Å²) in [6.45, 7) is 9.35. The molecule has 0 saturated carbocycles. The van der Waals surface area contributed by atoms with Crippen LogP contribution in [0, 0.1) is 0 Å². The van der Waals surface area contributed by atoms with E-state index >= 15 is 0 Å². The molecule has 1 amide bonds. The molecular weight excluding hydrogens is 190 g/mol. The maximum absolute atomic E-state index is 11.4. The molecule has 0 aliphatic heterocycles. The van der Waals surface area contributed by atoms with Crippen LogP contribution in [0.5, 0.6) is 0 Å². The van der Waals surface area contributed by atoms with Gasteiger partial charge in [-0.15, -0.1) is 0 Å². The summed E-state index contributed by atoms with van der Waals surface area (Å²) >= 11 is 0. The Labute approximate surface area is 93.4 Å². The van der Waals surface area contributed by atoms with Gasteiger partial charge in [0.2, 0.25) is 5.91 Å². The summed E-state index contributed by atoms with van der Waals surface area (Å²) in [7, 11) is 1.96. The first-order valence-electron chi connectivity index (χ1n) is 5.75. The first kappa shape index (κ1) is 14.4. The number of rotatable bonds is 8. The zero-order chi connectivity index (χ0) is 11.7. The highest BCUT2D eigenvalue weighted by atomic mass is 16.2. The van der Waals surface area contributed by atoms with Crippen LogP contribution in [0.25, 0.3) is 0 Å². The molecule has 90 valence electrons. The monoisotopic (exact) mass is 215 g/mol. The maximum atomic E-state index is 11.4. The summed E-state index contributed by atoms with van der Waals surface area (Å²) in [4.78, 5) is 13.4. The van der Waals surface area contributed by atoms with E-state index in [-0.39, 0.29) is 5.91 Å².